The van der Waals surface area contributed by atoms with Crippen LogP contribution in [0.25, 0.3) is 0 Å². The van der Waals surface area contributed by atoms with Crippen molar-refractivity contribution in [2.24, 2.45) is 5.92 Å². The van der Waals surface area contributed by atoms with Crippen molar-refractivity contribution in [1.82, 2.24) is 14.5 Å². The summed E-state index contributed by atoms with van der Waals surface area (Å²) in [5.41, 5.74) is 4.92. The molecule has 0 aromatic carbocycles. The lowest BCUT2D eigenvalue weighted by Crippen LogP contribution is -2.53. The highest BCUT2D eigenvalue weighted by atomic mass is 32.2. The Balaban J connectivity index is 2.25. The smallest absolute Gasteiger partial charge is 0.246 e. The van der Waals surface area contributed by atoms with Crippen LogP contribution >= 0.6 is 0 Å². The van der Waals surface area contributed by atoms with Gasteiger partial charge in [-0.15, -0.1) is 0 Å². The molecule has 0 aliphatic heterocycles. The van der Waals surface area contributed by atoms with Gasteiger partial charge < -0.3 is 10.8 Å². The Labute approximate surface area is 125 Å². The molecule has 1 aliphatic rings. The number of aliphatic hydroxyl groups excluding tert-OH is 1. The second-order valence-electron chi connectivity index (χ2n) is 5.96. The summed E-state index contributed by atoms with van der Waals surface area (Å²) in [6.45, 7) is 4.33. The van der Waals surface area contributed by atoms with E-state index in [9.17, 15) is 13.5 Å². The van der Waals surface area contributed by atoms with Crippen LogP contribution in [0.2, 0.25) is 0 Å². The van der Waals surface area contributed by atoms with Crippen LogP contribution in [0.4, 0.5) is 5.82 Å². The quantitative estimate of drug-likeness (QED) is 0.741. The van der Waals surface area contributed by atoms with E-state index in [0.29, 0.717) is 25.3 Å². The molecule has 1 aliphatic carbocycles. The molecule has 21 heavy (non-hydrogen) atoms. The minimum Gasteiger partial charge on any atom is -0.394 e. The number of hydrogen-bond acceptors (Lipinski definition) is 5. The minimum absolute atomic E-state index is 0.0124. The molecule has 1 aromatic rings. The highest BCUT2D eigenvalue weighted by Crippen LogP contribution is 2.33. The average Bonchev–Trinajstić information content (AvgIpc) is 2.84. The van der Waals surface area contributed by atoms with E-state index in [1.807, 2.05) is 6.92 Å². The van der Waals surface area contributed by atoms with Gasteiger partial charge in [-0.25, -0.2) is 13.1 Å². The van der Waals surface area contributed by atoms with Crippen LogP contribution in [0.5, 0.6) is 0 Å². The van der Waals surface area contributed by atoms with E-state index in [1.54, 1.807) is 0 Å². The largest absolute Gasteiger partial charge is 0.394 e. The van der Waals surface area contributed by atoms with Gasteiger partial charge in [0.05, 0.1) is 12.1 Å². The van der Waals surface area contributed by atoms with Crippen molar-refractivity contribution in [3.05, 3.63) is 6.20 Å². The first-order valence-corrected chi connectivity index (χ1v) is 8.78. The van der Waals surface area contributed by atoms with E-state index in [0.717, 1.165) is 12.8 Å². The standard InChI is InChI=1S/C13H24N4O3S/c1-3-17-8-11(12(14)15-17)21(19,20)16-13(9-18)6-4-10(2)5-7-13/h8,10,16,18H,3-7,9H2,1-2H3,(H2,14,15). The Morgan fingerprint density at radius 2 is 2.14 bits per heavy atom. The van der Waals surface area contributed by atoms with Gasteiger partial charge in [-0.2, -0.15) is 5.10 Å². The molecule has 7 nitrogen and oxygen atoms in total. The zero-order chi connectivity index (χ0) is 15.7. The monoisotopic (exact) mass is 316 g/mol. The molecular weight excluding hydrogens is 292 g/mol. The molecule has 1 aromatic heterocycles. The highest BCUT2D eigenvalue weighted by Gasteiger charge is 2.38. The van der Waals surface area contributed by atoms with E-state index in [4.69, 9.17) is 5.73 Å². The first-order valence-electron chi connectivity index (χ1n) is 7.29. The Kier molecular flexibility index (Phi) is 4.60. The summed E-state index contributed by atoms with van der Waals surface area (Å²) in [5.74, 6) is 0.545. The lowest BCUT2D eigenvalue weighted by atomic mass is 9.78. The van der Waals surface area contributed by atoms with Crippen LogP contribution < -0.4 is 10.5 Å². The molecule has 120 valence electrons. The Morgan fingerprint density at radius 1 is 1.52 bits per heavy atom. The fourth-order valence-corrected chi connectivity index (χ4v) is 4.26. The number of anilines is 1. The van der Waals surface area contributed by atoms with Gasteiger partial charge in [0.15, 0.2) is 5.82 Å². The van der Waals surface area contributed by atoms with Gasteiger partial charge in [0.2, 0.25) is 10.0 Å². The molecule has 0 amide bonds. The summed E-state index contributed by atoms with van der Waals surface area (Å²) in [6.07, 6.45) is 4.48. The Bertz CT molecular complexity index is 589. The summed E-state index contributed by atoms with van der Waals surface area (Å²) in [4.78, 5) is -0.0178. The molecule has 0 saturated heterocycles. The van der Waals surface area contributed by atoms with Crippen molar-refractivity contribution in [3.63, 3.8) is 0 Å². The van der Waals surface area contributed by atoms with Crippen molar-refractivity contribution < 1.29 is 13.5 Å². The number of nitrogens with zero attached hydrogens (tertiary/aromatic N) is 2. The summed E-state index contributed by atoms with van der Waals surface area (Å²) < 4.78 is 29.2. The molecule has 4 N–H and O–H groups in total. The van der Waals surface area contributed by atoms with E-state index in [2.05, 4.69) is 16.7 Å². The molecule has 0 atom stereocenters. The van der Waals surface area contributed by atoms with Gasteiger partial charge in [0.1, 0.15) is 4.90 Å². The molecule has 0 bridgehead atoms. The maximum atomic E-state index is 12.5. The molecule has 0 radical (unpaired) electrons. The second kappa shape index (κ2) is 5.94. The topological polar surface area (TPSA) is 110 Å². The number of nitrogens with one attached hydrogen (secondary N) is 1. The zero-order valence-electron chi connectivity index (χ0n) is 12.5. The molecule has 1 heterocycles. The summed E-state index contributed by atoms with van der Waals surface area (Å²) in [7, 11) is -3.79. The van der Waals surface area contributed by atoms with Crippen molar-refractivity contribution in [2.75, 3.05) is 12.3 Å². The maximum absolute atomic E-state index is 12.5. The minimum atomic E-state index is -3.79. The van der Waals surface area contributed by atoms with Crippen LogP contribution in [-0.4, -0.2) is 35.5 Å². The number of rotatable bonds is 5. The summed E-state index contributed by atoms with van der Waals surface area (Å²) in [6, 6.07) is 0. The number of aryl methyl sites for hydroxylation is 1. The number of aromatic nitrogens is 2. The number of aliphatic hydroxyl groups is 1. The van der Waals surface area contributed by atoms with Gasteiger partial charge in [-0.3, -0.25) is 4.68 Å². The molecular formula is C13H24N4O3S. The first-order chi connectivity index (χ1) is 9.82. The second-order valence-corrected chi connectivity index (χ2v) is 7.61. The third-order valence-corrected chi connectivity index (χ3v) is 5.85. The average molecular weight is 316 g/mol. The molecule has 1 saturated carbocycles. The van der Waals surface area contributed by atoms with Crippen LogP contribution in [-0.2, 0) is 16.6 Å². The van der Waals surface area contributed by atoms with E-state index in [1.165, 1.54) is 10.9 Å². The number of hydrogen-bond donors (Lipinski definition) is 3. The van der Waals surface area contributed by atoms with Crippen LogP contribution in [0, 0.1) is 5.92 Å². The lowest BCUT2D eigenvalue weighted by molar-refractivity contribution is 0.125. The normalized spacial score (nSPS) is 26.9. The van der Waals surface area contributed by atoms with Gasteiger partial charge in [0.25, 0.3) is 0 Å². The maximum Gasteiger partial charge on any atom is 0.246 e. The van der Waals surface area contributed by atoms with Crippen molar-refractivity contribution in [2.45, 2.75) is 56.5 Å². The third-order valence-electron chi connectivity index (χ3n) is 4.25. The van der Waals surface area contributed by atoms with Crippen molar-refractivity contribution in [1.29, 1.82) is 0 Å². The van der Waals surface area contributed by atoms with Gasteiger partial charge in [-0.1, -0.05) is 6.92 Å². The first kappa shape index (κ1) is 16.3. The predicted octanol–water partition coefficient (Wildman–Crippen LogP) is 0.705. The fourth-order valence-electron chi connectivity index (χ4n) is 2.73. The van der Waals surface area contributed by atoms with Crippen molar-refractivity contribution >= 4 is 15.8 Å². The third kappa shape index (κ3) is 3.38. The molecule has 0 unspecified atom stereocenters. The molecule has 8 heteroatoms. The highest BCUT2D eigenvalue weighted by molar-refractivity contribution is 7.89. The van der Waals surface area contributed by atoms with Gasteiger partial charge in [-0.05, 0) is 38.5 Å². The Hall–Kier alpha value is -1.12. The number of sulfonamides is 1. The van der Waals surface area contributed by atoms with E-state index >= 15 is 0 Å². The van der Waals surface area contributed by atoms with E-state index in [-0.39, 0.29) is 17.3 Å². The molecule has 0 spiro atoms. The van der Waals surface area contributed by atoms with Gasteiger partial charge in [0, 0.05) is 12.7 Å². The summed E-state index contributed by atoms with van der Waals surface area (Å²) >= 11 is 0. The van der Waals surface area contributed by atoms with Crippen molar-refractivity contribution in [3.8, 4) is 0 Å². The predicted molar refractivity (Wildman–Crippen MR) is 80.1 cm³/mol. The number of nitrogen functional groups attached to an aromatic ring is 1. The Morgan fingerprint density at radius 3 is 2.62 bits per heavy atom. The van der Waals surface area contributed by atoms with Gasteiger partial charge >= 0.3 is 0 Å². The fraction of sp³-hybridized carbons (Fsp3) is 0.769. The van der Waals surface area contributed by atoms with Crippen LogP contribution in [0.15, 0.2) is 11.1 Å². The molecule has 1 fully saturated rings. The zero-order valence-corrected chi connectivity index (χ0v) is 13.4. The summed E-state index contributed by atoms with van der Waals surface area (Å²) in [5, 5.41) is 13.6. The number of nitrogens with two attached hydrogens (primary N) is 1. The lowest BCUT2D eigenvalue weighted by Gasteiger charge is -2.38. The van der Waals surface area contributed by atoms with E-state index < -0.39 is 15.6 Å². The van der Waals surface area contributed by atoms with Crippen LogP contribution in [0.3, 0.4) is 0 Å². The molecule has 2 rings (SSSR count). The SMILES string of the molecule is CCn1cc(S(=O)(=O)NC2(CO)CCC(C)CC2)c(N)n1. The van der Waals surface area contributed by atoms with Crippen LogP contribution in [0.1, 0.15) is 39.5 Å².